The summed E-state index contributed by atoms with van der Waals surface area (Å²) in [5.41, 5.74) is 7.93. The van der Waals surface area contributed by atoms with Gasteiger partial charge in [0.15, 0.2) is 0 Å². The Labute approximate surface area is 192 Å². The molecule has 32 heavy (non-hydrogen) atoms. The zero-order valence-electron chi connectivity index (χ0n) is 19.9. The summed E-state index contributed by atoms with van der Waals surface area (Å²) in [5, 5.41) is 33.5. The highest BCUT2D eigenvalue weighted by molar-refractivity contribution is 5.29. The number of allylic oxidation sites excluding steroid dienone is 1. The topological polar surface area (TPSA) is 86.7 Å². The van der Waals surface area contributed by atoms with Gasteiger partial charge in [-0.05, 0) is 80.6 Å². The van der Waals surface area contributed by atoms with E-state index in [1.807, 2.05) is 30.3 Å². The third-order valence-corrected chi connectivity index (χ3v) is 10.7. The molecule has 4 heteroatoms. The van der Waals surface area contributed by atoms with Crippen LogP contribution in [0.2, 0.25) is 0 Å². The van der Waals surface area contributed by atoms with E-state index in [4.69, 9.17) is 5.73 Å². The normalized spacial score (nSPS) is 47.6. The lowest BCUT2D eigenvalue weighted by molar-refractivity contribution is -0.189. The fourth-order valence-electron chi connectivity index (χ4n) is 8.89. The Morgan fingerprint density at radius 2 is 1.78 bits per heavy atom. The summed E-state index contributed by atoms with van der Waals surface area (Å²) < 4.78 is 0. The van der Waals surface area contributed by atoms with Crippen LogP contribution in [0.15, 0.2) is 42.0 Å². The molecule has 0 aliphatic heterocycles. The average Bonchev–Trinajstić information content (AvgIpc) is 3.03. The molecule has 4 aliphatic rings. The second-order valence-electron chi connectivity index (χ2n) is 11.9. The molecule has 3 saturated carbocycles. The number of nitrogens with two attached hydrogens (primary N) is 1. The molecular weight excluding hydrogens is 398 g/mol. The van der Waals surface area contributed by atoms with Gasteiger partial charge in [0.2, 0.25) is 0 Å². The van der Waals surface area contributed by atoms with Crippen LogP contribution in [0.5, 0.6) is 0 Å². The molecule has 0 spiro atoms. The van der Waals surface area contributed by atoms with Crippen molar-refractivity contribution >= 4 is 0 Å². The number of fused-ring (bicyclic) bond motifs is 5. The van der Waals surface area contributed by atoms with Crippen molar-refractivity contribution in [1.29, 1.82) is 0 Å². The molecule has 1 aromatic rings. The van der Waals surface area contributed by atoms with Crippen LogP contribution in [0, 0.1) is 34.5 Å². The van der Waals surface area contributed by atoms with E-state index in [1.54, 1.807) is 6.92 Å². The van der Waals surface area contributed by atoms with Gasteiger partial charge in [-0.3, -0.25) is 0 Å². The summed E-state index contributed by atoms with van der Waals surface area (Å²) in [5.74, 6) is 1.24. The first kappa shape index (κ1) is 22.6. The Bertz CT molecular complexity index is 884. The third-order valence-electron chi connectivity index (χ3n) is 10.7. The highest BCUT2D eigenvalue weighted by Crippen LogP contribution is 2.70. The minimum absolute atomic E-state index is 0.159. The van der Waals surface area contributed by atoms with E-state index in [0.29, 0.717) is 17.8 Å². The number of aliphatic hydroxyl groups is 3. The van der Waals surface area contributed by atoms with Crippen LogP contribution in [0.1, 0.15) is 77.3 Å². The van der Waals surface area contributed by atoms with Crippen LogP contribution in [-0.4, -0.2) is 33.1 Å². The van der Waals surface area contributed by atoms with Crippen LogP contribution in [0.3, 0.4) is 0 Å². The minimum Gasteiger partial charge on any atom is -0.393 e. The van der Waals surface area contributed by atoms with Gasteiger partial charge >= 0.3 is 0 Å². The predicted octanol–water partition coefficient (Wildman–Crippen LogP) is 4.35. The maximum atomic E-state index is 12.3. The second kappa shape index (κ2) is 7.66. The zero-order chi connectivity index (χ0) is 22.9. The molecule has 2 unspecified atom stereocenters. The Morgan fingerprint density at radius 1 is 1.06 bits per heavy atom. The van der Waals surface area contributed by atoms with Crippen molar-refractivity contribution in [2.45, 2.75) is 89.6 Å². The van der Waals surface area contributed by atoms with Gasteiger partial charge < -0.3 is 21.1 Å². The van der Waals surface area contributed by atoms with E-state index in [9.17, 15) is 15.3 Å². The maximum Gasteiger partial charge on any atom is 0.100 e. The van der Waals surface area contributed by atoms with Gasteiger partial charge in [0.1, 0.15) is 5.60 Å². The molecule has 0 radical (unpaired) electrons. The second-order valence-corrected chi connectivity index (χ2v) is 11.9. The van der Waals surface area contributed by atoms with Gasteiger partial charge in [0.05, 0.1) is 12.2 Å². The van der Waals surface area contributed by atoms with E-state index in [0.717, 1.165) is 50.5 Å². The van der Waals surface area contributed by atoms with Crippen LogP contribution in [-0.2, 0) is 0 Å². The van der Waals surface area contributed by atoms with Crippen molar-refractivity contribution in [3.05, 3.63) is 47.5 Å². The number of benzene rings is 1. The lowest BCUT2D eigenvalue weighted by Gasteiger charge is -2.59. The van der Waals surface area contributed by atoms with Crippen LogP contribution in [0.25, 0.3) is 0 Å². The monoisotopic (exact) mass is 439 g/mol. The first-order valence-electron chi connectivity index (χ1n) is 12.7. The van der Waals surface area contributed by atoms with Crippen molar-refractivity contribution in [3.8, 4) is 0 Å². The fraction of sp³-hybridized carbons (Fsp3) is 0.714. The SMILES string of the molecule is CC(O)[C@@]1(O)[C@H](C(N)c2ccccc2)C[C@H]2[C@@H]3CC=C4C[C@@H](O)CC[C@]4(C)[C@H]3CC[C@@]21C. The highest BCUT2D eigenvalue weighted by atomic mass is 16.3. The van der Waals surface area contributed by atoms with Gasteiger partial charge in [-0.1, -0.05) is 55.8 Å². The molecule has 0 aromatic heterocycles. The van der Waals surface area contributed by atoms with Crippen molar-refractivity contribution < 1.29 is 15.3 Å². The van der Waals surface area contributed by atoms with Crippen LogP contribution in [0.4, 0.5) is 0 Å². The molecule has 5 rings (SSSR count). The molecular formula is C28H41NO3. The molecule has 0 bridgehead atoms. The first-order chi connectivity index (χ1) is 15.1. The Kier molecular flexibility index (Phi) is 5.41. The van der Waals surface area contributed by atoms with Gasteiger partial charge in [0.25, 0.3) is 0 Å². The fourth-order valence-corrected chi connectivity index (χ4v) is 8.89. The summed E-state index contributed by atoms with van der Waals surface area (Å²) in [6.45, 7) is 6.41. The molecule has 0 saturated heterocycles. The molecule has 10 atom stereocenters. The van der Waals surface area contributed by atoms with Gasteiger partial charge in [-0.2, -0.15) is 0 Å². The third kappa shape index (κ3) is 2.95. The van der Waals surface area contributed by atoms with Crippen molar-refractivity contribution in [1.82, 2.24) is 0 Å². The van der Waals surface area contributed by atoms with E-state index in [1.165, 1.54) is 5.57 Å². The summed E-state index contributed by atoms with van der Waals surface area (Å²) in [7, 11) is 0. The smallest absolute Gasteiger partial charge is 0.100 e. The van der Waals surface area contributed by atoms with Crippen LogP contribution >= 0.6 is 0 Å². The average molecular weight is 440 g/mol. The summed E-state index contributed by atoms with van der Waals surface area (Å²) in [6.07, 6.45) is 8.03. The molecule has 0 heterocycles. The Hall–Kier alpha value is -1.20. The number of rotatable bonds is 3. The highest BCUT2D eigenvalue weighted by Gasteiger charge is 2.69. The van der Waals surface area contributed by atoms with Crippen molar-refractivity contribution in [3.63, 3.8) is 0 Å². The van der Waals surface area contributed by atoms with Crippen LogP contribution < -0.4 is 5.73 Å². The van der Waals surface area contributed by atoms with Crippen molar-refractivity contribution in [2.75, 3.05) is 0 Å². The number of aliphatic hydroxyl groups excluding tert-OH is 2. The van der Waals surface area contributed by atoms with Crippen molar-refractivity contribution in [2.24, 2.45) is 40.2 Å². The first-order valence-corrected chi connectivity index (χ1v) is 12.7. The standard InChI is InChI=1S/C28H41NO3/c1-17(30)28(32)24(25(29)18-7-5-4-6-8-18)16-23-21-10-9-19-15-20(31)11-13-26(19,2)22(21)12-14-27(23,28)3/h4-9,17,20-25,30-32H,10-16,29H2,1-3H3/t17?,20-,21+,22-,23-,24-,25?,26-,27-,28+/m0/s1. The number of hydrogen-bond donors (Lipinski definition) is 4. The molecule has 3 fully saturated rings. The summed E-state index contributed by atoms with van der Waals surface area (Å²) >= 11 is 0. The summed E-state index contributed by atoms with van der Waals surface area (Å²) in [4.78, 5) is 0. The molecule has 0 amide bonds. The van der Waals surface area contributed by atoms with Gasteiger partial charge in [0, 0.05) is 17.4 Å². The lowest BCUT2D eigenvalue weighted by Crippen LogP contribution is -2.60. The molecule has 4 nitrogen and oxygen atoms in total. The van der Waals surface area contributed by atoms with Gasteiger partial charge in [-0.25, -0.2) is 0 Å². The Balaban J connectivity index is 1.53. The zero-order valence-corrected chi connectivity index (χ0v) is 19.9. The lowest BCUT2D eigenvalue weighted by atomic mass is 9.46. The maximum absolute atomic E-state index is 12.3. The van der Waals surface area contributed by atoms with Gasteiger partial charge in [-0.15, -0.1) is 0 Å². The molecule has 5 N–H and O–H groups in total. The van der Waals surface area contributed by atoms with E-state index in [2.05, 4.69) is 19.9 Å². The predicted molar refractivity (Wildman–Crippen MR) is 127 cm³/mol. The molecule has 4 aliphatic carbocycles. The summed E-state index contributed by atoms with van der Waals surface area (Å²) in [6, 6.07) is 9.79. The largest absolute Gasteiger partial charge is 0.393 e. The molecule has 1 aromatic carbocycles. The van der Waals surface area contributed by atoms with E-state index >= 15 is 0 Å². The number of hydrogen-bond acceptors (Lipinski definition) is 4. The quantitative estimate of drug-likeness (QED) is 0.528. The van der Waals surface area contributed by atoms with E-state index in [-0.39, 0.29) is 28.9 Å². The molecule has 176 valence electrons. The Morgan fingerprint density at radius 3 is 2.47 bits per heavy atom. The minimum atomic E-state index is -1.20. The van der Waals surface area contributed by atoms with E-state index < -0.39 is 11.7 Å².